The van der Waals surface area contributed by atoms with Crippen molar-refractivity contribution < 1.29 is 14.1 Å². The molecule has 1 fully saturated rings. The molecule has 0 aliphatic carbocycles. The first-order chi connectivity index (χ1) is 13.6. The van der Waals surface area contributed by atoms with Crippen molar-refractivity contribution in [2.45, 2.75) is 6.04 Å². The minimum Gasteiger partial charge on any atom is -0.378 e. The Morgan fingerprint density at radius 3 is 2.71 bits per heavy atom. The quantitative estimate of drug-likeness (QED) is 0.688. The highest BCUT2D eigenvalue weighted by Gasteiger charge is 2.32. The van der Waals surface area contributed by atoms with Gasteiger partial charge in [-0.05, 0) is 23.8 Å². The van der Waals surface area contributed by atoms with E-state index in [9.17, 15) is 4.79 Å². The standard InChI is InChI=1S/C20H21N5O3/c1-24(2)17-5-3-14(4-6-17)15-9-16(11-21-10-15)20(26)25-7-8-27-12-18(25)19-22-13-28-23-19/h3-6,9-11,13,18H,7-8,12H2,1-2H3/t18-/m1/s1. The lowest BCUT2D eigenvalue weighted by atomic mass is 10.0. The fourth-order valence-corrected chi connectivity index (χ4v) is 3.22. The van der Waals surface area contributed by atoms with E-state index in [1.807, 2.05) is 49.3 Å². The topological polar surface area (TPSA) is 84.6 Å². The second-order valence-electron chi connectivity index (χ2n) is 6.78. The van der Waals surface area contributed by atoms with Crippen LogP contribution >= 0.6 is 0 Å². The third-order valence-electron chi connectivity index (χ3n) is 4.77. The van der Waals surface area contributed by atoms with Gasteiger partial charge in [0.2, 0.25) is 6.39 Å². The number of hydrogen-bond donors (Lipinski definition) is 0. The first kappa shape index (κ1) is 18.1. The van der Waals surface area contributed by atoms with Gasteiger partial charge in [-0.15, -0.1) is 0 Å². The van der Waals surface area contributed by atoms with Crippen LogP contribution in [0.2, 0.25) is 0 Å². The maximum atomic E-state index is 13.2. The fraction of sp³-hybridized carbons (Fsp3) is 0.300. The summed E-state index contributed by atoms with van der Waals surface area (Å²) in [4.78, 5) is 25.3. The molecule has 0 radical (unpaired) electrons. The lowest BCUT2D eigenvalue weighted by Crippen LogP contribution is -2.43. The van der Waals surface area contributed by atoms with E-state index in [0.717, 1.165) is 16.8 Å². The molecule has 0 spiro atoms. The van der Waals surface area contributed by atoms with Crippen LogP contribution in [0.15, 0.2) is 53.6 Å². The highest BCUT2D eigenvalue weighted by atomic mass is 16.5. The van der Waals surface area contributed by atoms with Gasteiger partial charge in [-0.3, -0.25) is 9.78 Å². The van der Waals surface area contributed by atoms with Crippen LogP contribution in [0.4, 0.5) is 5.69 Å². The summed E-state index contributed by atoms with van der Waals surface area (Å²) in [5.74, 6) is 0.314. The molecule has 2 aromatic heterocycles. The van der Waals surface area contributed by atoms with E-state index in [1.54, 1.807) is 17.3 Å². The second kappa shape index (κ2) is 7.77. The number of aromatic nitrogens is 3. The first-order valence-corrected chi connectivity index (χ1v) is 9.01. The van der Waals surface area contributed by atoms with Gasteiger partial charge in [-0.2, -0.15) is 4.98 Å². The van der Waals surface area contributed by atoms with Crippen molar-refractivity contribution in [2.75, 3.05) is 38.8 Å². The number of amides is 1. The van der Waals surface area contributed by atoms with Gasteiger partial charge in [0.1, 0.15) is 6.04 Å². The highest BCUT2D eigenvalue weighted by molar-refractivity contribution is 5.95. The molecule has 1 aromatic carbocycles. The predicted octanol–water partition coefficient (Wildman–Crippen LogP) is 2.41. The number of carbonyl (C=O) groups excluding carboxylic acids is 1. The van der Waals surface area contributed by atoms with E-state index in [0.29, 0.717) is 31.1 Å². The van der Waals surface area contributed by atoms with Crippen molar-refractivity contribution in [1.29, 1.82) is 0 Å². The van der Waals surface area contributed by atoms with Crippen LogP contribution < -0.4 is 4.90 Å². The Kier molecular flexibility index (Phi) is 5.03. The summed E-state index contributed by atoms with van der Waals surface area (Å²) >= 11 is 0. The lowest BCUT2D eigenvalue weighted by Gasteiger charge is -2.33. The van der Waals surface area contributed by atoms with Crippen LogP contribution in [-0.2, 0) is 4.74 Å². The molecule has 0 N–H and O–H groups in total. The van der Waals surface area contributed by atoms with Gasteiger partial charge in [0.25, 0.3) is 5.91 Å². The largest absolute Gasteiger partial charge is 0.378 e. The van der Waals surface area contributed by atoms with E-state index >= 15 is 0 Å². The molecule has 0 unspecified atom stereocenters. The first-order valence-electron chi connectivity index (χ1n) is 9.01. The number of morpholine rings is 1. The minimum atomic E-state index is -0.372. The molecule has 8 nitrogen and oxygen atoms in total. The van der Waals surface area contributed by atoms with Crippen molar-refractivity contribution in [3.8, 4) is 11.1 Å². The molecule has 28 heavy (non-hydrogen) atoms. The van der Waals surface area contributed by atoms with E-state index in [-0.39, 0.29) is 11.9 Å². The number of pyridine rings is 1. The van der Waals surface area contributed by atoms with E-state index < -0.39 is 0 Å². The van der Waals surface area contributed by atoms with Crippen molar-refractivity contribution in [1.82, 2.24) is 20.0 Å². The average molecular weight is 379 g/mol. The van der Waals surface area contributed by atoms with E-state index in [1.165, 1.54) is 6.39 Å². The minimum absolute atomic E-state index is 0.127. The Hall–Kier alpha value is -3.26. The number of carbonyl (C=O) groups is 1. The van der Waals surface area contributed by atoms with Crippen LogP contribution in [-0.4, -0.2) is 59.8 Å². The predicted molar refractivity (Wildman–Crippen MR) is 103 cm³/mol. The number of benzene rings is 1. The number of ether oxygens (including phenoxy) is 1. The molecule has 8 heteroatoms. The van der Waals surface area contributed by atoms with Gasteiger partial charge in [0.15, 0.2) is 5.82 Å². The molecule has 3 heterocycles. The Balaban J connectivity index is 1.60. The van der Waals surface area contributed by atoms with Crippen molar-refractivity contribution in [2.24, 2.45) is 0 Å². The smallest absolute Gasteiger partial charge is 0.256 e. The molecule has 0 bridgehead atoms. The number of anilines is 1. The molecular weight excluding hydrogens is 358 g/mol. The fourth-order valence-electron chi connectivity index (χ4n) is 3.22. The molecule has 4 rings (SSSR count). The van der Waals surface area contributed by atoms with Crippen LogP contribution in [0.1, 0.15) is 22.2 Å². The van der Waals surface area contributed by atoms with Crippen LogP contribution in [0, 0.1) is 0 Å². The van der Waals surface area contributed by atoms with Gasteiger partial charge in [-0.1, -0.05) is 17.3 Å². The van der Waals surface area contributed by atoms with Crippen LogP contribution in [0.5, 0.6) is 0 Å². The third kappa shape index (κ3) is 3.59. The molecule has 0 saturated carbocycles. The third-order valence-corrected chi connectivity index (χ3v) is 4.77. The van der Waals surface area contributed by atoms with Crippen molar-refractivity contribution in [3.05, 3.63) is 60.5 Å². The van der Waals surface area contributed by atoms with Gasteiger partial charge in [0, 0.05) is 44.3 Å². The van der Waals surface area contributed by atoms with Crippen molar-refractivity contribution >= 4 is 11.6 Å². The van der Waals surface area contributed by atoms with Crippen molar-refractivity contribution in [3.63, 3.8) is 0 Å². The molecule has 1 atom stereocenters. The van der Waals surface area contributed by atoms with Gasteiger partial charge in [-0.25, -0.2) is 0 Å². The summed E-state index contributed by atoms with van der Waals surface area (Å²) in [5, 5.41) is 3.87. The monoisotopic (exact) mass is 379 g/mol. The Morgan fingerprint density at radius 2 is 2.00 bits per heavy atom. The maximum Gasteiger partial charge on any atom is 0.256 e. The molecule has 3 aromatic rings. The van der Waals surface area contributed by atoms with Gasteiger partial charge < -0.3 is 19.1 Å². The van der Waals surface area contributed by atoms with Crippen LogP contribution in [0.3, 0.4) is 0 Å². The number of rotatable bonds is 4. The Morgan fingerprint density at radius 1 is 1.18 bits per heavy atom. The summed E-state index contributed by atoms with van der Waals surface area (Å²) in [6, 6.07) is 9.62. The number of nitrogens with zero attached hydrogens (tertiary/aromatic N) is 5. The summed E-state index contributed by atoms with van der Waals surface area (Å²) < 4.78 is 10.3. The lowest BCUT2D eigenvalue weighted by molar-refractivity contribution is -0.00578. The molecule has 1 amide bonds. The summed E-state index contributed by atoms with van der Waals surface area (Å²) in [6.45, 7) is 1.27. The molecule has 1 saturated heterocycles. The Labute approximate surface area is 162 Å². The number of hydrogen-bond acceptors (Lipinski definition) is 7. The van der Waals surface area contributed by atoms with Gasteiger partial charge in [0.05, 0.1) is 18.8 Å². The van der Waals surface area contributed by atoms with Crippen LogP contribution in [0.25, 0.3) is 11.1 Å². The molecular formula is C20H21N5O3. The van der Waals surface area contributed by atoms with E-state index in [2.05, 4.69) is 15.1 Å². The van der Waals surface area contributed by atoms with E-state index in [4.69, 9.17) is 9.26 Å². The normalized spacial score (nSPS) is 16.8. The summed E-state index contributed by atoms with van der Waals surface area (Å²) in [7, 11) is 4.00. The Bertz CT molecular complexity index is 941. The molecule has 144 valence electrons. The second-order valence-corrected chi connectivity index (χ2v) is 6.78. The zero-order valence-electron chi connectivity index (χ0n) is 15.8. The average Bonchev–Trinajstić information content (AvgIpc) is 3.28. The molecule has 1 aliphatic rings. The zero-order valence-corrected chi connectivity index (χ0v) is 15.8. The van der Waals surface area contributed by atoms with Gasteiger partial charge >= 0.3 is 0 Å². The summed E-state index contributed by atoms with van der Waals surface area (Å²) in [6.07, 6.45) is 4.60. The maximum absolute atomic E-state index is 13.2. The zero-order chi connectivity index (χ0) is 19.5. The summed E-state index contributed by atoms with van der Waals surface area (Å²) in [5.41, 5.74) is 3.52. The molecule has 1 aliphatic heterocycles. The SMILES string of the molecule is CN(C)c1ccc(-c2cncc(C(=O)N3CCOC[C@@H]3c3ncon3)c2)cc1. The highest BCUT2D eigenvalue weighted by Crippen LogP contribution is 2.26.